The monoisotopic (exact) mass is 328 g/mol. The number of hydrogen-bond acceptors (Lipinski definition) is 3. The molecule has 2 aliphatic carbocycles. The van der Waals surface area contributed by atoms with Gasteiger partial charge in [0.1, 0.15) is 12.1 Å². The molecule has 2 saturated carbocycles. The molecule has 2 aromatic rings. The summed E-state index contributed by atoms with van der Waals surface area (Å²) in [6.07, 6.45) is 7.52. The minimum Gasteiger partial charge on any atom is -0.348 e. The van der Waals surface area contributed by atoms with Crippen molar-refractivity contribution in [2.75, 3.05) is 0 Å². The first-order valence-electron chi connectivity index (χ1n) is 8.62. The normalized spacial score (nSPS) is 19.4. The van der Waals surface area contributed by atoms with E-state index in [0.29, 0.717) is 12.6 Å². The average Bonchev–Trinajstić information content (AvgIpc) is 3.12. The van der Waals surface area contributed by atoms with Gasteiger partial charge in [0.2, 0.25) is 5.91 Å². The maximum absolute atomic E-state index is 13.7. The molecule has 1 aromatic carbocycles. The molecule has 4 rings (SSSR count). The maximum Gasteiger partial charge on any atom is 0.231 e. The Balaban J connectivity index is 1.53. The predicted octanol–water partition coefficient (Wildman–Crippen LogP) is 2.88. The van der Waals surface area contributed by atoms with Crippen LogP contribution in [0.5, 0.6) is 0 Å². The third-order valence-corrected chi connectivity index (χ3v) is 5.26. The Bertz CT molecular complexity index is 747. The van der Waals surface area contributed by atoms with Crippen molar-refractivity contribution in [3.8, 4) is 0 Å². The highest BCUT2D eigenvalue weighted by atomic mass is 19.1. The number of nitrogens with one attached hydrogen (secondary N) is 1. The van der Waals surface area contributed by atoms with Crippen LogP contribution < -0.4 is 5.32 Å². The molecule has 1 amide bonds. The van der Waals surface area contributed by atoms with E-state index in [0.717, 1.165) is 49.9 Å². The molecule has 1 N–H and O–H groups in total. The van der Waals surface area contributed by atoms with Crippen molar-refractivity contribution in [1.82, 2.24) is 20.1 Å². The predicted molar refractivity (Wildman–Crippen MR) is 86.7 cm³/mol. The standard InChI is InChI=1S/C18H21FN4O/c19-14-5-3-4-13(10-14)18(8-1-2-9-18)17(24)20-11-16-22-21-12-23(16)15-6-7-15/h3-5,10,12,15H,1-2,6-9,11H2,(H,20,24). The molecular formula is C18H21FN4O. The summed E-state index contributed by atoms with van der Waals surface area (Å²) >= 11 is 0. The van der Waals surface area contributed by atoms with Crippen molar-refractivity contribution in [1.29, 1.82) is 0 Å². The minimum absolute atomic E-state index is 0.0315. The number of nitrogens with zero attached hydrogens (tertiary/aromatic N) is 3. The molecule has 0 aliphatic heterocycles. The van der Waals surface area contributed by atoms with Gasteiger partial charge in [0.15, 0.2) is 5.82 Å². The summed E-state index contributed by atoms with van der Waals surface area (Å²) in [5, 5.41) is 11.1. The number of carbonyl (C=O) groups is 1. The maximum atomic E-state index is 13.7. The van der Waals surface area contributed by atoms with Gasteiger partial charge in [-0.25, -0.2) is 4.39 Å². The van der Waals surface area contributed by atoms with Gasteiger partial charge < -0.3 is 9.88 Å². The third-order valence-electron chi connectivity index (χ3n) is 5.26. The van der Waals surface area contributed by atoms with E-state index >= 15 is 0 Å². The van der Waals surface area contributed by atoms with Crippen molar-refractivity contribution in [2.45, 2.75) is 56.5 Å². The number of halogens is 1. The van der Waals surface area contributed by atoms with Crippen LogP contribution in [0.2, 0.25) is 0 Å². The molecule has 24 heavy (non-hydrogen) atoms. The first kappa shape index (κ1) is 15.3. The van der Waals surface area contributed by atoms with Gasteiger partial charge in [-0.1, -0.05) is 25.0 Å². The molecule has 0 bridgehead atoms. The summed E-state index contributed by atoms with van der Waals surface area (Å²) in [6, 6.07) is 6.94. The summed E-state index contributed by atoms with van der Waals surface area (Å²) in [6.45, 7) is 0.367. The second-order valence-electron chi connectivity index (χ2n) is 6.87. The summed E-state index contributed by atoms with van der Waals surface area (Å²) in [5.41, 5.74) is 0.160. The zero-order valence-electron chi connectivity index (χ0n) is 13.5. The van der Waals surface area contributed by atoms with Gasteiger partial charge in [-0.3, -0.25) is 4.79 Å². The molecule has 126 valence electrons. The van der Waals surface area contributed by atoms with Crippen LogP contribution in [0.3, 0.4) is 0 Å². The number of carbonyl (C=O) groups excluding carboxylic acids is 1. The smallest absolute Gasteiger partial charge is 0.231 e. The molecule has 5 nitrogen and oxygen atoms in total. The van der Waals surface area contributed by atoms with Gasteiger partial charge in [-0.2, -0.15) is 0 Å². The largest absolute Gasteiger partial charge is 0.348 e. The molecular weight excluding hydrogens is 307 g/mol. The van der Waals surface area contributed by atoms with Crippen LogP contribution in [0.15, 0.2) is 30.6 Å². The molecule has 1 heterocycles. The molecule has 0 spiro atoms. The molecule has 0 saturated heterocycles. The second-order valence-corrected chi connectivity index (χ2v) is 6.87. The topological polar surface area (TPSA) is 59.8 Å². The lowest BCUT2D eigenvalue weighted by atomic mass is 9.78. The highest BCUT2D eigenvalue weighted by molar-refractivity contribution is 5.88. The van der Waals surface area contributed by atoms with E-state index in [-0.39, 0.29) is 11.7 Å². The van der Waals surface area contributed by atoms with E-state index in [1.807, 2.05) is 10.6 Å². The SMILES string of the molecule is O=C(NCc1nncn1C1CC1)C1(c2cccc(F)c2)CCCC1. The van der Waals surface area contributed by atoms with Gasteiger partial charge >= 0.3 is 0 Å². The second kappa shape index (κ2) is 6.00. The summed E-state index contributed by atoms with van der Waals surface area (Å²) in [4.78, 5) is 13.0. The molecule has 0 unspecified atom stereocenters. The third kappa shape index (κ3) is 2.70. The number of benzene rings is 1. The molecule has 6 heteroatoms. The fraction of sp³-hybridized carbons (Fsp3) is 0.500. The Morgan fingerprint density at radius 3 is 2.83 bits per heavy atom. The highest BCUT2D eigenvalue weighted by Crippen LogP contribution is 2.41. The van der Waals surface area contributed by atoms with E-state index in [9.17, 15) is 9.18 Å². The first-order chi connectivity index (χ1) is 11.7. The minimum atomic E-state index is -0.619. The fourth-order valence-corrected chi connectivity index (χ4v) is 3.79. The number of aromatic nitrogens is 3. The Labute approximate surface area is 140 Å². The summed E-state index contributed by atoms with van der Waals surface area (Å²) in [7, 11) is 0. The molecule has 0 atom stereocenters. The van der Waals surface area contributed by atoms with Crippen molar-refractivity contribution in [2.24, 2.45) is 0 Å². The molecule has 2 fully saturated rings. The van der Waals surface area contributed by atoms with Crippen molar-refractivity contribution in [3.63, 3.8) is 0 Å². The van der Waals surface area contributed by atoms with Crippen LogP contribution in [0.4, 0.5) is 4.39 Å². The van der Waals surface area contributed by atoms with Crippen LogP contribution in [0.1, 0.15) is 56.0 Å². The Morgan fingerprint density at radius 1 is 1.33 bits per heavy atom. The quantitative estimate of drug-likeness (QED) is 0.918. The van der Waals surface area contributed by atoms with Crippen molar-refractivity contribution < 1.29 is 9.18 Å². The Morgan fingerprint density at radius 2 is 2.12 bits per heavy atom. The van der Waals surface area contributed by atoms with Gasteiger partial charge in [0.05, 0.1) is 12.0 Å². The van der Waals surface area contributed by atoms with Crippen LogP contribution in [0.25, 0.3) is 0 Å². The van der Waals surface area contributed by atoms with Gasteiger partial charge in [0.25, 0.3) is 0 Å². The number of hydrogen-bond donors (Lipinski definition) is 1. The van der Waals surface area contributed by atoms with Crippen LogP contribution >= 0.6 is 0 Å². The summed E-state index contributed by atoms with van der Waals surface area (Å²) in [5.74, 6) is 0.467. The molecule has 1 aromatic heterocycles. The fourth-order valence-electron chi connectivity index (χ4n) is 3.79. The van der Waals surface area contributed by atoms with Crippen LogP contribution in [-0.4, -0.2) is 20.7 Å². The lowest BCUT2D eigenvalue weighted by Crippen LogP contribution is -2.42. The number of amides is 1. The Kier molecular flexibility index (Phi) is 3.82. The van der Waals surface area contributed by atoms with Crippen molar-refractivity contribution >= 4 is 5.91 Å². The first-order valence-corrected chi connectivity index (χ1v) is 8.62. The zero-order chi connectivity index (χ0) is 16.6. The van der Waals surface area contributed by atoms with Crippen LogP contribution in [0, 0.1) is 5.82 Å². The van der Waals surface area contributed by atoms with Crippen molar-refractivity contribution in [3.05, 3.63) is 47.8 Å². The van der Waals surface area contributed by atoms with Crippen LogP contribution in [-0.2, 0) is 16.8 Å². The molecule has 2 aliphatic rings. The number of rotatable bonds is 5. The van der Waals surface area contributed by atoms with E-state index in [1.54, 1.807) is 12.4 Å². The Hall–Kier alpha value is -2.24. The zero-order valence-corrected chi connectivity index (χ0v) is 13.5. The summed E-state index contributed by atoms with van der Waals surface area (Å²) < 4.78 is 15.7. The highest BCUT2D eigenvalue weighted by Gasteiger charge is 2.42. The molecule has 0 radical (unpaired) electrons. The van der Waals surface area contributed by atoms with E-state index in [2.05, 4.69) is 15.5 Å². The van der Waals surface area contributed by atoms with Gasteiger partial charge in [-0.05, 0) is 43.4 Å². The van der Waals surface area contributed by atoms with Gasteiger partial charge in [0, 0.05) is 6.04 Å². The van der Waals surface area contributed by atoms with Gasteiger partial charge in [-0.15, -0.1) is 10.2 Å². The lowest BCUT2D eigenvalue weighted by Gasteiger charge is -2.28. The van der Waals surface area contributed by atoms with E-state index in [1.165, 1.54) is 12.1 Å². The van der Waals surface area contributed by atoms with E-state index < -0.39 is 5.41 Å². The average molecular weight is 328 g/mol. The lowest BCUT2D eigenvalue weighted by molar-refractivity contribution is -0.126. The van der Waals surface area contributed by atoms with E-state index in [4.69, 9.17) is 0 Å².